The molecule has 0 fully saturated rings. The summed E-state index contributed by atoms with van der Waals surface area (Å²) in [4.78, 5) is 15.0. The number of hydrogen-bond acceptors (Lipinski definition) is 6. The molecule has 0 saturated carbocycles. The van der Waals surface area contributed by atoms with Gasteiger partial charge in [-0.1, -0.05) is 5.21 Å². The molecular formula is C13H12N4O3S. The SMILES string of the molecule is O=C(O)CCc1cn(Cc2csc(-c3ccco3)n2)nn1. The van der Waals surface area contributed by atoms with Crippen molar-refractivity contribution in [1.82, 2.24) is 20.0 Å². The van der Waals surface area contributed by atoms with Crippen molar-refractivity contribution in [2.75, 3.05) is 0 Å². The third-order valence-electron chi connectivity index (χ3n) is 2.79. The summed E-state index contributed by atoms with van der Waals surface area (Å²) in [6.45, 7) is 0.497. The van der Waals surface area contributed by atoms with E-state index in [4.69, 9.17) is 9.52 Å². The lowest BCUT2D eigenvalue weighted by molar-refractivity contribution is -0.136. The number of aromatic nitrogens is 4. The Morgan fingerprint density at radius 2 is 2.33 bits per heavy atom. The summed E-state index contributed by atoms with van der Waals surface area (Å²) in [5.41, 5.74) is 1.53. The number of nitrogens with zero attached hydrogens (tertiary/aromatic N) is 4. The van der Waals surface area contributed by atoms with Crippen molar-refractivity contribution in [3.63, 3.8) is 0 Å². The Balaban J connectivity index is 1.65. The minimum Gasteiger partial charge on any atom is -0.481 e. The highest BCUT2D eigenvalue weighted by Crippen LogP contribution is 2.24. The van der Waals surface area contributed by atoms with Crippen molar-refractivity contribution in [2.45, 2.75) is 19.4 Å². The van der Waals surface area contributed by atoms with E-state index in [9.17, 15) is 4.79 Å². The van der Waals surface area contributed by atoms with Crippen LogP contribution in [0.2, 0.25) is 0 Å². The second kappa shape index (κ2) is 5.88. The zero-order valence-electron chi connectivity index (χ0n) is 11.0. The minimum atomic E-state index is -0.841. The van der Waals surface area contributed by atoms with Crippen LogP contribution in [0.25, 0.3) is 10.8 Å². The molecule has 0 aliphatic rings. The molecule has 0 aliphatic carbocycles. The van der Waals surface area contributed by atoms with Crippen molar-refractivity contribution >= 4 is 17.3 Å². The Bertz CT molecular complexity index is 732. The van der Waals surface area contributed by atoms with E-state index in [-0.39, 0.29) is 6.42 Å². The first-order chi connectivity index (χ1) is 10.2. The van der Waals surface area contributed by atoms with Gasteiger partial charge in [0.15, 0.2) is 10.8 Å². The molecule has 3 rings (SSSR count). The van der Waals surface area contributed by atoms with Crippen LogP contribution in [-0.2, 0) is 17.8 Å². The highest BCUT2D eigenvalue weighted by Gasteiger charge is 2.09. The van der Waals surface area contributed by atoms with Gasteiger partial charge in [0.1, 0.15) is 0 Å². The number of carbonyl (C=O) groups is 1. The standard InChI is InChI=1S/C13H12N4O3S/c18-12(19)4-3-9-6-17(16-15-9)7-10-8-21-13(14-10)11-2-1-5-20-11/h1-2,5-6,8H,3-4,7H2,(H,18,19). The zero-order valence-corrected chi connectivity index (χ0v) is 11.8. The fourth-order valence-corrected chi connectivity index (χ4v) is 2.60. The number of hydrogen-bond donors (Lipinski definition) is 1. The maximum atomic E-state index is 10.5. The van der Waals surface area contributed by atoms with Crippen LogP contribution in [0.15, 0.2) is 34.4 Å². The number of thiazole rings is 1. The van der Waals surface area contributed by atoms with Gasteiger partial charge in [0.2, 0.25) is 0 Å². The van der Waals surface area contributed by atoms with Crippen molar-refractivity contribution in [3.05, 3.63) is 41.4 Å². The summed E-state index contributed by atoms with van der Waals surface area (Å²) in [6.07, 6.45) is 3.79. The third kappa shape index (κ3) is 3.34. The zero-order chi connectivity index (χ0) is 14.7. The van der Waals surface area contributed by atoms with E-state index in [1.165, 1.54) is 11.3 Å². The molecular weight excluding hydrogens is 292 g/mol. The summed E-state index contributed by atoms with van der Waals surface area (Å²) >= 11 is 1.50. The predicted octanol–water partition coefficient (Wildman–Crippen LogP) is 2.06. The molecule has 0 radical (unpaired) electrons. The molecule has 3 aromatic heterocycles. The van der Waals surface area contributed by atoms with Gasteiger partial charge in [-0.3, -0.25) is 4.79 Å². The molecule has 108 valence electrons. The van der Waals surface area contributed by atoms with E-state index in [0.717, 1.165) is 16.5 Å². The first-order valence-corrected chi connectivity index (χ1v) is 7.18. The predicted molar refractivity (Wildman–Crippen MR) is 74.9 cm³/mol. The molecule has 0 unspecified atom stereocenters. The molecule has 3 heterocycles. The van der Waals surface area contributed by atoms with E-state index in [0.29, 0.717) is 18.7 Å². The van der Waals surface area contributed by atoms with Crippen LogP contribution in [0.4, 0.5) is 0 Å². The lowest BCUT2D eigenvalue weighted by Crippen LogP contribution is -2.00. The molecule has 1 N–H and O–H groups in total. The summed E-state index contributed by atoms with van der Waals surface area (Å²) in [5, 5.41) is 19.3. The smallest absolute Gasteiger partial charge is 0.303 e. The Morgan fingerprint density at radius 3 is 3.10 bits per heavy atom. The Kier molecular flexibility index (Phi) is 3.78. The van der Waals surface area contributed by atoms with Crippen LogP contribution in [0.5, 0.6) is 0 Å². The van der Waals surface area contributed by atoms with Crippen molar-refractivity contribution in [1.29, 1.82) is 0 Å². The average Bonchev–Trinajstić information content (AvgIpc) is 3.18. The monoisotopic (exact) mass is 304 g/mol. The van der Waals surface area contributed by atoms with Gasteiger partial charge < -0.3 is 9.52 Å². The van der Waals surface area contributed by atoms with Crippen LogP contribution >= 0.6 is 11.3 Å². The molecule has 0 bridgehead atoms. The largest absolute Gasteiger partial charge is 0.481 e. The van der Waals surface area contributed by atoms with Gasteiger partial charge in [0.25, 0.3) is 0 Å². The number of aliphatic carboxylic acids is 1. The molecule has 8 heteroatoms. The summed E-state index contributed by atoms with van der Waals surface area (Å²) in [5.74, 6) is -0.0980. The van der Waals surface area contributed by atoms with Gasteiger partial charge in [-0.2, -0.15) is 0 Å². The molecule has 21 heavy (non-hydrogen) atoms. The van der Waals surface area contributed by atoms with Gasteiger partial charge in [-0.15, -0.1) is 16.4 Å². The number of carboxylic acid groups (broad SMARTS) is 1. The number of rotatable bonds is 6. The van der Waals surface area contributed by atoms with Gasteiger partial charge >= 0.3 is 5.97 Å². The van der Waals surface area contributed by atoms with Crippen LogP contribution < -0.4 is 0 Å². The van der Waals surface area contributed by atoms with Crippen molar-refractivity contribution in [2.24, 2.45) is 0 Å². The van der Waals surface area contributed by atoms with E-state index < -0.39 is 5.97 Å². The summed E-state index contributed by atoms with van der Waals surface area (Å²) < 4.78 is 6.95. The molecule has 3 aromatic rings. The van der Waals surface area contributed by atoms with Gasteiger partial charge in [0.05, 0.1) is 30.6 Å². The fraction of sp³-hybridized carbons (Fsp3) is 0.231. The molecule has 0 saturated heterocycles. The van der Waals surface area contributed by atoms with Crippen LogP contribution in [0, 0.1) is 0 Å². The first kappa shape index (κ1) is 13.5. The first-order valence-electron chi connectivity index (χ1n) is 6.30. The Morgan fingerprint density at radius 1 is 1.43 bits per heavy atom. The van der Waals surface area contributed by atoms with Crippen LogP contribution in [-0.4, -0.2) is 31.1 Å². The Hall–Kier alpha value is -2.48. The second-order valence-electron chi connectivity index (χ2n) is 4.42. The lowest BCUT2D eigenvalue weighted by atomic mass is 10.2. The average molecular weight is 304 g/mol. The molecule has 0 atom stereocenters. The van der Waals surface area contributed by atoms with Crippen LogP contribution in [0.1, 0.15) is 17.8 Å². The number of carboxylic acids is 1. The highest BCUT2D eigenvalue weighted by molar-refractivity contribution is 7.13. The van der Waals surface area contributed by atoms with Gasteiger partial charge in [-0.25, -0.2) is 9.67 Å². The minimum absolute atomic E-state index is 0.0536. The topological polar surface area (TPSA) is 94.0 Å². The van der Waals surface area contributed by atoms with Gasteiger partial charge in [0, 0.05) is 18.0 Å². The van der Waals surface area contributed by atoms with E-state index >= 15 is 0 Å². The van der Waals surface area contributed by atoms with Crippen molar-refractivity contribution < 1.29 is 14.3 Å². The number of aryl methyl sites for hydroxylation is 1. The maximum Gasteiger partial charge on any atom is 0.303 e. The van der Waals surface area contributed by atoms with Crippen molar-refractivity contribution in [3.8, 4) is 10.8 Å². The van der Waals surface area contributed by atoms with Crippen LogP contribution in [0.3, 0.4) is 0 Å². The Labute approximate surface area is 123 Å². The van der Waals surface area contributed by atoms with E-state index in [1.54, 1.807) is 17.1 Å². The normalized spacial score (nSPS) is 10.9. The maximum absolute atomic E-state index is 10.5. The molecule has 0 aliphatic heterocycles. The second-order valence-corrected chi connectivity index (χ2v) is 5.28. The van der Waals surface area contributed by atoms with E-state index in [1.807, 2.05) is 17.5 Å². The third-order valence-corrected chi connectivity index (χ3v) is 3.69. The molecule has 0 spiro atoms. The fourth-order valence-electron chi connectivity index (χ4n) is 1.82. The summed E-state index contributed by atoms with van der Waals surface area (Å²) in [7, 11) is 0. The highest BCUT2D eigenvalue weighted by atomic mass is 32.1. The summed E-state index contributed by atoms with van der Waals surface area (Å²) in [6, 6.07) is 3.69. The number of furan rings is 1. The molecule has 0 amide bonds. The quantitative estimate of drug-likeness (QED) is 0.749. The lowest BCUT2D eigenvalue weighted by Gasteiger charge is -1.95. The molecule has 7 nitrogen and oxygen atoms in total. The molecule has 0 aromatic carbocycles. The van der Waals surface area contributed by atoms with Gasteiger partial charge in [-0.05, 0) is 12.1 Å². The van der Waals surface area contributed by atoms with E-state index in [2.05, 4.69) is 15.3 Å².